The standard InChI is InChI=1S/C34H41F3N2O7/c1-6-20(2)28(27(41)19-33(4,5)32(45)46)39-31(44)29(42)21(3)38-30(43)24(18-26(40)17-22-10-8-7-9-11-22)16-23-12-14-25(15-13-23)34(35,36)37/h7-15,20-21,24,28H,6,16-19H2,1-5H3,(H,38,43)(H,39,44)(H,45,46)/t20-,21?,24+,28?/m0/s1. The van der Waals surface area contributed by atoms with E-state index in [9.17, 15) is 47.0 Å². The molecule has 2 aromatic carbocycles. The summed E-state index contributed by atoms with van der Waals surface area (Å²) in [6, 6.07) is 10.4. The van der Waals surface area contributed by atoms with Gasteiger partial charge in [0.2, 0.25) is 11.7 Å². The lowest BCUT2D eigenvalue weighted by atomic mass is 9.82. The summed E-state index contributed by atoms with van der Waals surface area (Å²) in [6.45, 7) is 7.44. The van der Waals surface area contributed by atoms with Crippen molar-refractivity contribution in [3.8, 4) is 0 Å². The van der Waals surface area contributed by atoms with Crippen LogP contribution in [0.25, 0.3) is 0 Å². The average molecular weight is 647 g/mol. The van der Waals surface area contributed by atoms with Gasteiger partial charge in [-0.25, -0.2) is 0 Å². The third-order valence-electron chi connectivity index (χ3n) is 7.87. The number of carboxylic acid groups (broad SMARTS) is 1. The Morgan fingerprint density at radius 3 is 1.96 bits per heavy atom. The highest BCUT2D eigenvalue weighted by molar-refractivity contribution is 6.38. The number of hydrogen-bond acceptors (Lipinski definition) is 6. The summed E-state index contributed by atoms with van der Waals surface area (Å²) in [4.78, 5) is 76.7. The monoisotopic (exact) mass is 646 g/mol. The number of ketones is 3. The van der Waals surface area contributed by atoms with Crippen molar-refractivity contribution in [1.82, 2.24) is 10.6 Å². The fourth-order valence-electron chi connectivity index (χ4n) is 4.75. The maximum absolute atomic E-state index is 13.4. The first-order chi connectivity index (χ1) is 21.3. The summed E-state index contributed by atoms with van der Waals surface area (Å²) in [7, 11) is 0. The summed E-state index contributed by atoms with van der Waals surface area (Å²) in [5.74, 6) is -6.55. The van der Waals surface area contributed by atoms with Crippen LogP contribution < -0.4 is 10.6 Å². The molecule has 3 N–H and O–H groups in total. The molecule has 46 heavy (non-hydrogen) atoms. The molecule has 12 heteroatoms. The Bertz CT molecular complexity index is 1410. The summed E-state index contributed by atoms with van der Waals surface area (Å²) in [5.41, 5.74) is -1.21. The quantitative estimate of drug-likeness (QED) is 0.211. The van der Waals surface area contributed by atoms with Crippen LogP contribution in [0.15, 0.2) is 54.6 Å². The summed E-state index contributed by atoms with van der Waals surface area (Å²) >= 11 is 0. The Balaban J connectivity index is 2.20. The molecular weight excluding hydrogens is 605 g/mol. The Hall–Kier alpha value is -4.35. The van der Waals surface area contributed by atoms with Crippen LogP contribution in [0.1, 0.15) is 70.6 Å². The number of carbonyl (C=O) groups is 6. The molecule has 2 amide bonds. The van der Waals surface area contributed by atoms with E-state index in [2.05, 4.69) is 10.6 Å². The Morgan fingerprint density at radius 2 is 1.43 bits per heavy atom. The van der Waals surface area contributed by atoms with E-state index in [4.69, 9.17) is 0 Å². The molecule has 0 aliphatic heterocycles. The molecule has 0 spiro atoms. The molecule has 2 aromatic rings. The predicted molar refractivity (Wildman–Crippen MR) is 163 cm³/mol. The number of amides is 2. The van der Waals surface area contributed by atoms with Gasteiger partial charge in [-0.2, -0.15) is 13.2 Å². The molecule has 0 saturated heterocycles. The highest BCUT2D eigenvalue weighted by Gasteiger charge is 2.37. The normalized spacial score (nSPS) is 14.3. The van der Waals surface area contributed by atoms with Gasteiger partial charge >= 0.3 is 12.1 Å². The number of carbonyl (C=O) groups excluding carboxylic acids is 5. The predicted octanol–water partition coefficient (Wildman–Crippen LogP) is 4.74. The van der Waals surface area contributed by atoms with Crippen molar-refractivity contribution in [1.29, 1.82) is 0 Å². The molecule has 0 saturated carbocycles. The third kappa shape index (κ3) is 11.2. The molecule has 0 bridgehead atoms. The average Bonchev–Trinajstić information content (AvgIpc) is 2.98. The van der Waals surface area contributed by atoms with Crippen molar-refractivity contribution in [2.24, 2.45) is 17.3 Å². The number of rotatable bonds is 17. The maximum atomic E-state index is 13.4. The maximum Gasteiger partial charge on any atom is 0.416 e. The molecule has 0 heterocycles. The Morgan fingerprint density at radius 1 is 0.848 bits per heavy atom. The van der Waals surface area contributed by atoms with Crippen LogP contribution in [-0.4, -0.2) is 52.3 Å². The molecule has 4 atom stereocenters. The third-order valence-corrected chi connectivity index (χ3v) is 7.87. The smallest absolute Gasteiger partial charge is 0.416 e. The van der Waals surface area contributed by atoms with Crippen LogP contribution in [0.5, 0.6) is 0 Å². The van der Waals surface area contributed by atoms with Gasteiger partial charge in [0.1, 0.15) is 5.78 Å². The van der Waals surface area contributed by atoms with Crippen molar-refractivity contribution < 1.29 is 47.0 Å². The number of aliphatic carboxylic acids is 1. The number of benzene rings is 2. The second-order valence-electron chi connectivity index (χ2n) is 12.3. The van der Waals surface area contributed by atoms with Crippen molar-refractivity contribution in [3.05, 3.63) is 71.3 Å². The largest absolute Gasteiger partial charge is 0.481 e. The van der Waals surface area contributed by atoms with E-state index in [0.29, 0.717) is 17.5 Å². The molecule has 9 nitrogen and oxygen atoms in total. The lowest BCUT2D eigenvalue weighted by molar-refractivity contribution is -0.150. The van der Waals surface area contributed by atoms with Gasteiger partial charge in [0, 0.05) is 25.2 Å². The number of Topliss-reactive ketones (excluding diaryl/α,β-unsaturated/α-hetero) is 3. The van der Waals surface area contributed by atoms with E-state index in [1.807, 2.05) is 0 Å². The molecule has 2 rings (SSSR count). The Labute approximate surface area is 266 Å². The topological polar surface area (TPSA) is 147 Å². The van der Waals surface area contributed by atoms with Gasteiger partial charge in [-0.15, -0.1) is 0 Å². The summed E-state index contributed by atoms with van der Waals surface area (Å²) < 4.78 is 39.2. The first kappa shape index (κ1) is 37.8. The van der Waals surface area contributed by atoms with Crippen LogP contribution in [-0.2, 0) is 47.8 Å². The zero-order valence-corrected chi connectivity index (χ0v) is 26.6. The van der Waals surface area contributed by atoms with Crippen molar-refractivity contribution in [2.45, 2.75) is 85.0 Å². The Kier molecular flexibility index (Phi) is 13.4. The zero-order chi connectivity index (χ0) is 34.8. The van der Waals surface area contributed by atoms with E-state index in [0.717, 1.165) is 12.1 Å². The molecule has 0 radical (unpaired) electrons. The fraction of sp³-hybridized carbons (Fsp3) is 0.471. The number of nitrogens with one attached hydrogen (secondary N) is 2. The first-order valence-electron chi connectivity index (χ1n) is 15.0. The zero-order valence-electron chi connectivity index (χ0n) is 26.6. The van der Waals surface area contributed by atoms with Crippen molar-refractivity contribution >= 4 is 35.1 Å². The number of carboxylic acids is 1. The summed E-state index contributed by atoms with van der Waals surface area (Å²) in [6.07, 6.45) is -4.88. The summed E-state index contributed by atoms with van der Waals surface area (Å²) in [5, 5.41) is 14.2. The van der Waals surface area contributed by atoms with Crippen LogP contribution >= 0.6 is 0 Å². The number of halogens is 3. The van der Waals surface area contributed by atoms with Crippen molar-refractivity contribution in [3.63, 3.8) is 0 Å². The SMILES string of the molecule is CC[C@H](C)C(NC(=O)C(=O)C(C)NC(=O)[C@@H](CC(=O)Cc1ccccc1)Cc1ccc(C(F)(F)F)cc1)C(=O)CC(C)(C)C(=O)O. The molecular formula is C34H41F3N2O7. The van der Waals surface area contributed by atoms with Crippen LogP contribution in [0.3, 0.4) is 0 Å². The van der Waals surface area contributed by atoms with Crippen LogP contribution in [0.4, 0.5) is 13.2 Å². The molecule has 0 aliphatic rings. The van der Waals surface area contributed by atoms with E-state index >= 15 is 0 Å². The number of hydrogen-bond donors (Lipinski definition) is 3. The minimum atomic E-state index is -4.55. The highest BCUT2D eigenvalue weighted by Crippen LogP contribution is 2.30. The number of alkyl halides is 3. The molecule has 250 valence electrons. The van der Waals surface area contributed by atoms with Gasteiger partial charge in [-0.3, -0.25) is 28.8 Å². The van der Waals surface area contributed by atoms with Gasteiger partial charge in [0.15, 0.2) is 5.78 Å². The van der Waals surface area contributed by atoms with Gasteiger partial charge in [0.25, 0.3) is 5.91 Å². The van der Waals surface area contributed by atoms with Gasteiger partial charge in [0.05, 0.1) is 23.1 Å². The van der Waals surface area contributed by atoms with Crippen LogP contribution in [0.2, 0.25) is 0 Å². The van der Waals surface area contributed by atoms with E-state index in [1.165, 1.54) is 32.9 Å². The molecule has 0 aliphatic carbocycles. The van der Waals surface area contributed by atoms with Gasteiger partial charge < -0.3 is 15.7 Å². The van der Waals surface area contributed by atoms with Gasteiger partial charge in [-0.05, 0) is 56.4 Å². The van der Waals surface area contributed by atoms with Crippen LogP contribution in [0, 0.1) is 17.3 Å². The second kappa shape index (κ2) is 16.3. The minimum Gasteiger partial charge on any atom is -0.481 e. The molecule has 0 fully saturated rings. The van der Waals surface area contributed by atoms with E-state index in [-0.39, 0.29) is 31.5 Å². The van der Waals surface area contributed by atoms with E-state index < -0.39 is 70.4 Å². The molecule has 2 unspecified atom stereocenters. The van der Waals surface area contributed by atoms with E-state index in [1.54, 1.807) is 44.2 Å². The molecule has 0 aromatic heterocycles. The lowest BCUT2D eigenvalue weighted by Crippen LogP contribution is -2.53. The van der Waals surface area contributed by atoms with Gasteiger partial charge in [-0.1, -0.05) is 62.7 Å². The van der Waals surface area contributed by atoms with Crippen molar-refractivity contribution in [2.75, 3.05) is 0 Å². The highest BCUT2D eigenvalue weighted by atomic mass is 19.4. The first-order valence-corrected chi connectivity index (χ1v) is 15.0. The lowest BCUT2D eigenvalue weighted by Gasteiger charge is -2.27. The second-order valence-corrected chi connectivity index (χ2v) is 12.3. The fourth-order valence-corrected chi connectivity index (χ4v) is 4.75. The minimum absolute atomic E-state index is 0.0121.